The Morgan fingerprint density at radius 3 is 2.33 bits per heavy atom. The van der Waals surface area contributed by atoms with Crippen LogP contribution in [0.1, 0.15) is 27.7 Å². The van der Waals surface area contributed by atoms with Gasteiger partial charge in [0.1, 0.15) is 0 Å². The molecule has 3 nitrogen and oxygen atoms in total. The number of methoxy groups -OCH3 is 1. The average Bonchev–Trinajstić information content (AvgIpc) is 2.21. The predicted octanol–water partition coefficient (Wildman–Crippen LogP) is -1.07. The fourth-order valence-corrected chi connectivity index (χ4v) is 1.25. The summed E-state index contributed by atoms with van der Waals surface area (Å²) in [6, 6.07) is 0. The van der Waals surface area contributed by atoms with E-state index < -0.39 is 0 Å². The summed E-state index contributed by atoms with van der Waals surface area (Å²) in [4.78, 5) is 2.02. The maximum Gasteiger partial charge on any atom is 1.00 e. The van der Waals surface area contributed by atoms with Crippen molar-refractivity contribution in [3.8, 4) is 0 Å². The summed E-state index contributed by atoms with van der Waals surface area (Å²) in [6.07, 6.45) is 0.133. The Balaban J connectivity index is 0. The molecule has 0 bridgehead atoms. The van der Waals surface area contributed by atoms with Crippen LogP contribution in [-0.2, 0) is 9.47 Å². The molecule has 1 fully saturated rings. The van der Waals surface area contributed by atoms with Crippen molar-refractivity contribution in [3.63, 3.8) is 0 Å². The topological polar surface area (TPSA) is 21.7 Å². The van der Waals surface area contributed by atoms with E-state index in [1.807, 2.05) is 32.6 Å². The Kier molecular flexibility index (Phi) is 12.0. The first kappa shape index (κ1) is 18.9. The third kappa shape index (κ3) is 6.73. The van der Waals surface area contributed by atoms with E-state index in [4.69, 9.17) is 9.47 Å². The van der Waals surface area contributed by atoms with Crippen molar-refractivity contribution in [1.29, 1.82) is 0 Å². The van der Waals surface area contributed by atoms with E-state index in [2.05, 4.69) is 7.05 Å². The molecule has 0 aromatic heterocycles. The molecule has 1 unspecified atom stereocenters. The number of morpholine rings is 1. The number of nitrogens with zero attached hydrogens (tertiary/aromatic N) is 1. The Morgan fingerprint density at radius 2 is 1.93 bits per heavy atom. The van der Waals surface area contributed by atoms with Gasteiger partial charge in [-0.25, -0.2) is 0 Å². The summed E-state index contributed by atoms with van der Waals surface area (Å²) in [6.45, 7) is 10.6. The smallest absolute Gasteiger partial charge is 0.455 e. The van der Waals surface area contributed by atoms with Gasteiger partial charge in [0.2, 0.25) is 0 Å². The average molecular weight is 241 g/mol. The molecule has 1 aliphatic rings. The van der Waals surface area contributed by atoms with Gasteiger partial charge < -0.3 is 14.4 Å². The van der Waals surface area contributed by atoms with Gasteiger partial charge in [-0.2, -0.15) is 0 Å². The van der Waals surface area contributed by atoms with Gasteiger partial charge >= 0.3 is 51.4 Å². The first-order valence-corrected chi connectivity index (χ1v) is 5.28. The maximum atomic E-state index is 5.60. The van der Waals surface area contributed by atoms with Crippen molar-refractivity contribution in [2.75, 3.05) is 26.8 Å². The quantitative estimate of drug-likeness (QED) is 0.454. The fraction of sp³-hybridized carbons (Fsp3) is 0.909. The molecular weight excluding hydrogens is 217 g/mol. The normalized spacial score (nSPS) is 22.4. The largest absolute Gasteiger partial charge is 1.00 e. The van der Waals surface area contributed by atoms with Crippen LogP contribution in [0.3, 0.4) is 0 Å². The van der Waals surface area contributed by atoms with E-state index in [-0.39, 0.29) is 63.1 Å². The van der Waals surface area contributed by atoms with Gasteiger partial charge in [0, 0.05) is 7.11 Å². The van der Waals surface area contributed by atoms with Crippen LogP contribution in [0.25, 0.3) is 0 Å². The zero-order valence-electron chi connectivity index (χ0n) is 11.2. The molecule has 1 saturated heterocycles. The molecule has 0 aliphatic carbocycles. The molecule has 1 rings (SSSR count). The number of rotatable bonds is 2. The third-order valence-corrected chi connectivity index (χ3v) is 2.45. The van der Waals surface area contributed by atoms with Gasteiger partial charge in [-0.05, 0) is 26.9 Å². The van der Waals surface area contributed by atoms with Gasteiger partial charge in [-0.1, -0.05) is 13.8 Å². The molecule has 86 valence electrons. The Morgan fingerprint density at radius 1 is 1.40 bits per heavy atom. The summed E-state index contributed by atoms with van der Waals surface area (Å²) in [5.41, 5.74) is -0.212. The third-order valence-electron chi connectivity index (χ3n) is 2.45. The van der Waals surface area contributed by atoms with E-state index in [0.717, 1.165) is 19.7 Å². The van der Waals surface area contributed by atoms with Crippen molar-refractivity contribution in [1.82, 2.24) is 4.90 Å². The molecule has 1 heterocycles. The molecule has 0 aromatic carbocycles. The van der Waals surface area contributed by atoms with E-state index in [1.165, 1.54) is 0 Å². The zero-order chi connectivity index (χ0) is 11.2. The summed E-state index contributed by atoms with van der Waals surface area (Å²) in [5, 5.41) is 0. The second-order valence-corrected chi connectivity index (χ2v) is 3.74. The van der Waals surface area contributed by atoms with Gasteiger partial charge in [0.15, 0.2) is 0 Å². The van der Waals surface area contributed by atoms with E-state index in [9.17, 15) is 0 Å². The van der Waals surface area contributed by atoms with Crippen molar-refractivity contribution in [2.24, 2.45) is 0 Å². The molecule has 0 N–H and O–H groups in total. The summed E-state index contributed by atoms with van der Waals surface area (Å²) in [5.74, 6) is 0. The van der Waals surface area contributed by atoms with E-state index in [0.29, 0.717) is 0 Å². The van der Waals surface area contributed by atoms with E-state index in [1.54, 1.807) is 7.11 Å². The molecule has 15 heavy (non-hydrogen) atoms. The number of ether oxygens (including phenoxy) is 2. The molecule has 1 aliphatic heterocycles. The Hall–Kier alpha value is 1.52. The minimum Gasteiger partial charge on any atom is -0.455 e. The molecule has 1 atom stereocenters. The van der Waals surface area contributed by atoms with Crippen LogP contribution >= 0.6 is 0 Å². The van der Waals surface area contributed by atoms with Crippen LogP contribution in [-0.4, -0.2) is 43.4 Å². The van der Waals surface area contributed by atoms with Gasteiger partial charge in [-0.15, -0.1) is 0 Å². The van der Waals surface area contributed by atoms with Crippen molar-refractivity contribution in [2.45, 2.75) is 39.4 Å². The monoisotopic (exact) mass is 241 g/mol. The van der Waals surface area contributed by atoms with Gasteiger partial charge in [-0.3, -0.25) is 7.05 Å². The minimum atomic E-state index is -0.212. The second kappa shape index (κ2) is 9.54. The van der Waals surface area contributed by atoms with Crippen molar-refractivity contribution >= 4 is 0 Å². The molecule has 0 radical (unpaired) electrons. The van der Waals surface area contributed by atoms with Crippen LogP contribution < -0.4 is 51.4 Å². The molecule has 4 heteroatoms. The Bertz CT molecular complexity index is 154. The fourth-order valence-electron chi connectivity index (χ4n) is 1.25. The van der Waals surface area contributed by atoms with Gasteiger partial charge in [0.25, 0.3) is 0 Å². The molecule has 0 saturated carbocycles. The number of hydrogen-bond donors (Lipinski definition) is 0. The van der Waals surface area contributed by atoms with Crippen LogP contribution in [0, 0.1) is 7.05 Å². The first-order valence-electron chi connectivity index (χ1n) is 5.28. The number of hydrogen-bond acceptors (Lipinski definition) is 3. The van der Waals surface area contributed by atoms with Crippen LogP contribution in [0.2, 0.25) is 0 Å². The second-order valence-electron chi connectivity index (χ2n) is 3.74. The summed E-state index contributed by atoms with van der Waals surface area (Å²) < 4.78 is 10.9. The van der Waals surface area contributed by atoms with Crippen LogP contribution in [0.4, 0.5) is 0 Å². The molecule has 0 amide bonds. The zero-order valence-corrected chi connectivity index (χ0v) is 14.3. The maximum absolute atomic E-state index is 5.60. The first-order chi connectivity index (χ1) is 6.56. The minimum absolute atomic E-state index is 0. The van der Waals surface area contributed by atoms with E-state index >= 15 is 0 Å². The van der Waals surface area contributed by atoms with Crippen molar-refractivity contribution in [3.05, 3.63) is 7.05 Å². The molecular formula is C11H24KNO2. The van der Waals surface area contributed by atoms with Crippen LogP contribution in [0.15, 0.2) is 0 Å². The summed E-state index contributed by atoms with van der Waals surface area (Å²) >= 11 is 0. The van der Waals surface area contributed by atoms with Crippen molar-refractivity contribution < 1.29 is 60.9 Å². The predicted molar refractivity (Wildman–Crippen MR) is 59.1 cm³/mol. The van der Waals surface area contributed by atoms with Crippen LogP contribution in [0.5, 0.6) is 0 Å². The molecule has 0 aromatic rings. The summed E-state index contributed by atoms with van der Waals surface area (Å²) in [7, 11) is 5.61. The SMILES string of the molecule is CC.[CH2-]N1CCOC(C(C)(C)OC)C1.[K+]. The Labute approximate surface area is 137 Å². The standard InChI is InChI=1S/C9H18NO2.C2H6.K/c1-9(2,11-4)8-7-10(3)5-6-12-8;1-2;/h8H,3,5-7H2,1-2,4H3;1-2H3;/q-1;;+1. The molecule has 0 spiro atoms. The van der Waals surface area contributed by atoms with Gasteiger partial charge in [0.05, 0.1) is 18.3 Å².